The lowest BCUT2D eigenvalue weighted by Crippen LogP contribution is -2.45. The van der Waals surface area contributed by atoms with Gasteiger partial charge >= 0.3 is 5.97 Å². The molecule has 3 N–H and O–H groups in total. The minimum absolute atomic E-state index is 0.0205. The topological polar surface area (TPSA) is 125 Å². The molecular formula is C28H27F2N5O5S. The van der Waals surface area contributed by atoms with Crippen LogP contribution < -0.4 is 5.32 Å². The summed E-state index contributed by atoms with van der Waals surface area (Å²) in [5, 5.41) is 5.61. The number of carbonyl (C=O) groups is 2. The molecule has 5 heterocycles. The highest BCUT2D eigenvalue weighted by Gasteiger charge is 2.42. The van der Waals surface area contributed by atoms with Crippen LogP contribution in [0, 0.1) is 11.6 Å². The number of rotatable bonds is 6. The Morgan fingerprint density at radius 1 is 1.24 bits per heavy atom. The SMILES string of the molecule is CCOC(=O)c1[nH]cc2c1NC1=C(C(=O)CN(OC(C)(C)C)C1)C2c1ccc(Sc2nc3c(F)cc(F)cc3[nH]2)o1. The Kier molecular flexibility index (Phi) is 6.75. The lowest BCUT2D eigenvalue weighted by atomic mass is 9.81. The number of hydrogen-bond acceptors (Lipinski definition) is 9. The molecule has 10 nitrogen and oxygen atoms in total. The first-order valence-electron chi connectivity index (χ1n) is 13.0. The predicted octanol–water partition coefficient (Wildman–Crippen LogP) is 5.52. The van der Waals surface area contributed by atoms with Crippen LogP contribution in [-0.4, -0.2) is 57.1 Å². The lowest BCUT2D eigenvalue weighted by Gasteiger charge is -2.38. The Bertz CT molecular complexity index is 1720. The van der Waals surface area contributed by atoms with Gasteiger partial charge in [0.2, 0.25) is 0 Å². The van der Waals surface area contributed by atoms with Crippen LogP contribution in [0.15, 0.2) is 56.4 Å². The number of aromatic nitrogens is 3. The number of anilines is 1. The number of halogens is 2. The van der Waals surface area contributed by atoms with Crippen molar-refractivity contribution in [3.05, 3.63) is 70.4 Å². The van der Waals surface area contributed by atoms with E-state index in [1.807, 2.05) is 20.8 Å². The normalized spacial score (nSPS) is 17.5. The monoisotopic (exact) mass is 583 g/mol. The highest BCUT2D eigenvalue weighted by Crippen LogP contribution is 2.46. The van der Waals surface area contributed by atoms with Crippen LogP contribution >= 0.6 is 11.8 Å². The number of furan rings is 1. The number of hydrogen-bond donors (Lipinski definition) is 3. The van der Waals surface area contributed by atoms with E-state index in [-0.39, 0.29) is 42.2 Å². The Labute approximate surface area is 237 Å². The van der Waals surface area contributed by atoms with E-state index in [4.69, 9.17) is 14.0 Å². The number of H-pyrrole nitrogens is 2. The fourth-order valence-electron chi connectivity index (χ4n) is 5.10. The van der Waals surface area contributed by atoms with Crippen molar-refractivity contribution in [3.63, 3.8) is 0 Å². The van der Waals surface area contributed by atoms with Crippen molar-refractivity contribution >= 4 is 40.2 Å². The third-order valence-electron chi connectivity index (χ3n) is 6.52. The third kappa shape index (κ3) is 5.16. The predicted molar refractivity (Wildman–Crippen MR) is 145 cm³/mol. The second-order valence-corrected chi connectivity index (χ2v) is 11.7. The molecule has 0 bridgehead atoms. The Hall–Kier alpha value is -3.94. The highest BCUT2D eigenvalue weighted by molar-refractivity contribution is 7.99. The van der Waals surface area contributed by atoms with Gasteiger partial charge in [-0.1, -0.05) is 0 Å². The maximum Gasteiger partial charge on any atom is 0.356 e. The molecule has 41 heavy (non-hydrogen) atoms. The van der Waals surface area contributed by atoms with Crippen molar-refractivity contribution in [2.24, 2.45) is 0 Å². The summed E-state index contributed by atoms with van der Waals surface area (Å²) in [5.74, 6) is -2.32. The molecule has 13 heteroatoms. The zero-order valence-electron chi connectivity index (χ0n) is 22.7. The molecule has 0 saturated heterocycles. The summed E-state index contributed by atoms with van der Waals surface area (Å²) < 4.78 is 39.2. The van der Waals surface area contributed by atoms with Crippen molar-refractivity contribution in [1.29, 1.82) is 0 Å². The maximum absolute atomic E-state index is 14.2. The van der Waals surface area contributed by atoms with Gasteiger partial charge in [-0.3, -0.25) is 9.63 Å². The summed E-state index contributed by atoms with van der Waals surface area (Å²) in [6, 6.07) is 5.41. The minimum atomic E-state index is -0.768. The van der Waals surface area contributed by atoms with E-state index in [9.17, 15) is 18.4 Å². The first-order valence-corrected chi connectivity index (χ1v) is 13.8. The van der Waals surface area contributed by atoms with Gasteiger partial charge in [0.15, 0.2) is 21.8 Å². The molecular weight excluding hydrogens is 556 g/mol. The van der Waals surface area contributed by atoms with E-state index in [2.05, 4.69) is 20.3 Å². The molecule has 2 aliphatic heterocycles. The van der Waals surface area contributed by atoms with Gasteiger partial charge in [0.05, 0.1) is 42.4 Å². The average molecular weight is 584 g/mol. The fraction of sp³-hybridized carbons (Fsp3) is 0.321. The van der Waals surface area contributed by atoms with Gasteiger partial charge in [0.1, 0.15) is 22.8 Å². The smallest absolute Gasteiger partial charge is 0.356 e. The lowest BCUT2D eigenvalue weighted by molar-refractivity contribution is -0.223. The number of Topliss-reactive ketones (excluding diaryl/α,β-unsaturated/α-hetero) is 1. The summed E-state index contributed by atoms with van der Waals surface area (Å²) in [5.41, 5.74) is 2.21. The Balaban J connectivity index is 1.37. The number of fused-ring (bicyclic) bond motifs is 2. The summed E-state index contributed by atoms with van der Waals surface area (Å²) in [4.78, 5) is 42.4. The number of ether oxygens (including phenoxy) is 1. The quantitative estimate of drug-likeness (QED) is 0.252. The molecule has 214 valence electrons. The van der Waals surface area contributed by atoms with E-state index in [0.717, 1.165) is 17.8 Å². The Morgan fingerprint density at radius 2 is 2.05 bits per heavy atom. The minimum Gasteiger partial charge on any atom is -0.461 e. The average Bonchev–Trinajstić information content (AvgIpc) is 3.60. The van der Waals surface area contributed by atoms with Gasteiger partial charge in [-0.15, -0.1) is 0 Å². The summed E-state index contributed by atoms with van der Waals surface area (Å²) >= 11 is 1.10. The van der Waals surface area contributed by atoms with Crippen LogP contribution in [0.2, 0.25) is 0 Å². The molecule has 0 aliphatic carbocycles. The second kappa shape index (κ2) is 10.2. The van der Waals surface area contributed by atoms with Crippen LogP contribution in [-0.2, 0) is 14.4 Å². The largest absolute Gasteiger partial charge is 0.461 e. The van der Waals surface area contributed by atoms with Crippen molar-refractivity contribution in [2.75, 3.05) is 25.0 Å². The molecule has 3 aromatic heterocycles. The molecule has 1 atom stereocenters. The molecule has 0 fully saturated rings. The van der Waals surface area contributed by atoms with E-state index in [0.29, 0.717) is 38.5 Å². The van der Waals surface area contributed by atoms with E-state index in [1.54, 1.807) is 30.3 Å². The number of nitrogens with zero attached hydrogens (tertiary/aromatic N) is 2. The zero-order valence-corrected chi connectivity index (χ0v) is 23.5. The second-order valence-electron chi connectivity index (χ2n) is 10.7. The molecule has 0 amide bonds. The summed E-state index contributed by atoms with van der Waals surface area (Å²) in [6.45, 7) is 7.95. The van der Waals surface area contributed by atoms with Crippen molar-refractivity contribution < 1.29 is 32.4 Å². The van der Waals surface area contributed by atoms with Crippen LogP contribution in [0.4, 0.5) is 14.5 Å². The maximum atomic E-state index is 14.2. The number of imidazole rings is 1. The van der Waals surface area contributed by atoms with Gasteiger partial charge in [-0.2, -0.15) is 5.06 Å². The standard InChI is InChI=1S/C28H27F2N5O5S/c1-5-38-26(37)25-23-14(10-31-25)21(22-17(32-23)11-35(12-18(22)36)40-28(2,3)4)19-6-7-20(39-19)41-27-33-16-9-13(29)8-15(30)24(16)34-27/h6-10,21,31-32H,5,11-12H2,1-4H3,(H,33,34). The van der Waals surface area contributed by atoms with E-state index >= 15 is 0 Å². The highest BCUT2D eigenvalue weighted by atomic mass is 32.2. The molecule has 2 aliphatic rings. The van der Waals surface area contributed by atoms with Gasteiger partial charge in [-0.05, 0) is 57.7 Å². The number of ketones is 1. The molecule has 4 aromatic rings. The number of esters is 1. The van der Waals surface area contributed by atoms with Gasteiger partial charge in [0.25, 0.3) is 0 Å². The number of carbonyl (C=O) groups excluding carboxylic acids is 2. The first kappa shape index (κ1) is 27.2. The van der Waals surface area contributed by atoms with Gasteiger partial charge in [0, 0.05) is 29.1 Å². The van der Waals surface area contributed by atoms with Crippen LogP contribution in [0.1, 0.15) is 55.4 Å². The molecule has 0 radical (unpaired) electrons. The van der Waals surface area contributed by atoms with E-state index in [1.165, 1.54) is 6.07 Å². The van der Waals surface area contributed by atoms with Crippen LogP contribution in [0.3, 0.4) is 0 Å². The van der Waals surface area contributed by atoms with Crippen molar-refractivity contribution in [2.45, 2.75) is 49.5 Å². The molecule has 6 rings (SSSR count). The van der Waals surface area contributed by atoms with E-state index < -0.39 is 29.1 Å². The molecule has 0 saturated carbocycles. The molecule has 1 aromatic carbocycles. The zero-order chi connectivity index (χ0) is 29.1. The number of aromatic amines is 2. The van der Waals surface area contributed by atoms with Crippen LogP contribution in [0.25, 0.3) is 11.0 Å². The summed E-state index contributed by atoms with van der Waals surface area (Å²) in [6.07, 6.45) is 1.67. The van der Waals surface area contributed by atoms with Crippen molar-refractivity contribution in [1.82, 2.24) is 20.0 Å². The number of nitrogens with one attached hydrogen (secondary N) is 3. The van der Waals surface area contributed by atoms with Crippen LogP contribution in [0.5, 0.6) is 0 Å². The molecule has 1 unspecified atom stereocenters. The van der Waals surface area contributed by atoms with Gasteiger partial charge < -0.3 is 24.4 Å². The number of benzene rings is 1. The van der Waals surface area contributed by atoms with Gasteiger partial charge in [-0.25, -0.2) is 18.6 Å². The third-order valence-corrected chi connectivity index (χ3v) is 7.32. The Morgan fingerprint density at radius 3 is 2.80 bits per heavy atom. The van der Waals surface area contributed by atoms with Crippen molar-refractivity contribution in [3.8, 4) is 0 Å². The summed E-state index contributed by atoms with van der Waals surface area (Å²) in [7, 11) is 0. The number of hydroxylamine groups is 2. The molecule has 0 spiro atoms. The first-order chi connectivity index (χ1) is 19.5. The fourth-order valence-corrected chi connectivity index (χ4v) is 5.86.